The van der Waals surface area contributed by atoms with Crippen LogP contribution in [0.3, 0.4) is 0 Å². The van der Waals surface area contributed by atoms with Gasteiger partial charge in [-0.3, -0.25) is 23.2 Å². The zero-order chi connectivity index (χ0) is 25.0. The minimum atomic E-state index is -4.35. The average molecular weight is 520 g/mol. The van der Waals surface area contributed by atoms with E-state index >= 15 is 0 Å². The van der Waals surface area contributed by atoms with Crippen molar-refractivity contribution in [2.75, 3.05) is 43.9 Å². The molecular formula is C15H25N3O11S3. The monoisotopic (exact) mass is 519 g/mol. The molecule has 0 spiro atoms. The van der Waals surface area contributed by atoms with Gasteiger partial charge in [0.1, 0.15) is 5.57 Å². The molecule has 0 aromatic heterocycles. The molecule has 2 amide bonds. The Morgan fingerprint density at radius 2 is 1.19 bits per heavy atom. The van der Waals surface area contributed by atoms with E-state index in [0.29, 0.717) is 0 Å². The molecule has 0 radical (unpaired) electrons. The summed E-state index contributed by atoms with van der Waals surface area (Å²) in [5.41, 5.74) is -0.528. The number of hydrogen-bond donors (Lipinski definition) is 5. The summed E-state index contributed by atoms with van der Waals surface area (Å²) < 4.78 is 90.3. The van der Waals surface area contributed by atoms with Crippen molar-refractivity contribution in [1.82, 2.24) is 15.5 Å². The fourth-order valence-electron chi connectivity index (χ4n) is 1.78. The molecule has 0 fully saturated rings. The van der Waals surface area contributed by atoms with Crippen molar-refractivity contribution < 1.29 is 48.5 Å². The van der Waals surface area contributed by atoms with Crippen LogP contribution in [-0.4, -0.2) is 99.6 Å². The van der Waals surface area contributed by atoms with Crippen LogP contribution in [0.25, 0.3) is 0 Å². The summed E-state index contributed by atoms with van der Waals surface area (Å²) in [5, 5.41) is 4.20. The van der Waals surface area contributed by atoms with Gasteiger partial charge in [-0.05, 0) is 18.4 Å². The Labute approximate surface area is 186 Å². The van der Waals surface area contributed by atoms with Gasteiger partial charge < -0.3 is 15.5 Å². The lowest BCUT2D eigenvalue weighted by molar-refractivity contribution is -0.123. The number of nitrogens with one attached hydrogen (secondary N) is 2. The second-order valence-corrected chi connectivity index (χ2v) is 10.9. The number of carbonyl (C=O) groups is 2. The van der Waals surface area contributed by atoms with Crippen LogP contribution in [-0.2, 0) is 39.9 Å². The van der Waals surface area contributed by atoms with Gasteiger partial charge in [0.25, 0.3) is 42.2 Å². The molecule has 0 heterocycles. The smallest absolute Gasteiger partial charge is 0.266 e. The van der Waals surface area contributed by atoms with Crippen LogP contribution in [0.15, 0.2) is 36.1 Å². The Morgan fingerprint density at radius 1 is 0.750 bits per heavy atom. The third-order valence-electron chi connectivity index (χ3n) is 3.31. The van der Waals surface area contributed by atoms with E-state index in [1.165, 1.54) is 36.4 Å². The number of hydrogen-bond acceptors (Lipinski definition) is 9. The summed E-state index contributed by atoms with van der Waals surface area (Å²) >= 11 is 0. The van der Waals surface area contributed by atoms with Crippen molar-refractivity contribution in [1.29, 1.82) is 0 Å². The third kappa shape index (κ3) is 17.4. The summed E-state index contributed by atoms with van der Waals surface area (Å²) in [4.78, 5) is 25.8. The van der Waals surface area contributed by atoms with Gasteiger partial charge in [-0.25, -0.2) is 0 Å². The molecular weight excluding hydrogens is 494 g/mol. The Bertz CT molecular complexity index is 1010. The Balaban J connectivity index is 5.19. The van der Waals surface area contributed by atoms with Gasteiger partial charge in [0.2, 0.25) is 0 Å². The summed E-state index contributed by atoms with van der Waals surface area (Å²) in [5.74, 6) is -4.13. The molecule has 184 valence electrons. The second kappa shape index (κ2) is 13.3. The fraction of sp³-hybridized carbons (Fsp3) is 0.467. The maximum atomic E-state index is 12.2. The summed E-state index contributed by atoms with van der Waals surface area (Å²) in [6.45, 7) is -1.01. The van der Waals surface area contributed by atoms with Crippen molar-refractivity contribution in [3.05, 3.63) is 36.1 Å². The van der Waals surface area contributed by atoms with E-state index in [9.17, 15) is 34.8 Å². The van der Waals surface area contributed by atoms with E-state index in [4.69, 9.17) is 13.7 Å². The minimum Gasteiger partial charge on any atom is -0.379 e. The van der Waals surface area contributed by atoms with Gasteiger partial charge >= 0.3 is 0 Å². The molecule has 0 bridgehead atoms. The molecule has 0 saturated heterocycles. The fourth-order valence-corrected chi connectivity index (χ4v) is 3.02. The maximum absolute atomic E-state index is 12.2. The first-order chi connectivity index (χ1) is 14.5. The summed E-state index contributed by atoms with van der Waals surface area (Å²) in [7, 11) is -11.3. The number of nitrogens with zero attached hydrogens (tertiary/aromatic N) is 1. The zero-order valence-electron chi connectivity index (χ0n) is 16.9. The van der Waals surface area contributed by atoms with Gasteiger partial charge in [-0.2, -0.15) is 25.3 Å². The summed E-state index contributed by atoms with van der Waals surface area (Å²) in [6.07, 6.45) is 6.50. The predicted octanol–water partition coefficient (Wildman–Crippen LogP) is -2.19. The normalized spacial score (nSPS) is 12.6. The largest absolute Gasteiger partial charge is 0.379 e. The van der Waals surface area contributed by atoms with E-state index in [-0.39, 0.29) is 6.54 Å². The second-order valence-electron chi connectivity index (χ2n) is 6.16. The highest BCUT2D eigenvalue weighted by molar-refractivity contribution is 7.86. The Morgan fingerprint density at radius 3 is 1.59 bits per heavy atom. The lowest BCUT2D eigenvalue weighted by atomic mass is 10.2. The first-order valence-corrected chi connectivity index (χ1v) is 13.5. The topological polar surface area (TPSA) is 225 Å². The molecule has 0 aliphatic rings. The van der Waals surface area contributed by atoms with E-state index < -0.39 is 78.1 Å². The van der Waals surface area contributed by atoms with Crippen LogP contribution >= 0.6 is 0 Å². The Hall–Kier alpha value is -2.31. The molecule has 0 rings (SSSR count). The van der Waals surface area contributed by atoms with Crippen LogP contribution in [0, 0.1) is 0 Å². The SMILES string of the molecule is CN(C=CC=CC=C(C(=O)NCCS(=O)(=O)O)C(=O)NCCS(=O)(=O)O)CCS(=O)(=O)O. The highest BCUT2D eigenvalue weighted by atomic mass is 32.2. The third-order valence-corrected chi connectivity index (χ3v) is 5.45. The molecule has 32 heavy (non-hydrogen) atoms. The molecule has 0 aliphatic carbocycles. The van der Waals surface area contributed by atoms with Crippen molar-refractivity contribution in [3.8, 4) is 0 Å². The lowest BCUT2D eigenvalue weighted by Crippen LogP contribution is -2.38. The van der Waals surface area contributed by atoms with Crippen LogP contribution in [0.1, 0.15) is 0 Å². The number of rotatable bonds is 14. The van der Waals surface area contributed by atoms with Gasteiger partial charge in [0, 0.05) is 26.7 Å². The van der Waals surface area contributed by atoms with Crippen LogP contribution in [0.2, 0.25) is 0 Å². The number of allylic oxidation sites excluding steroid dienone is 4. The lowest BCUT2D eigenvalue weighted by Gasteiger charge is -2.11. The number of amides is 2. The highest BCUT2D eigenvalue weighted by Gasteiger charge is 2.18. The molecule has 0 aliphatic heterocycles. The van der Waals surface area contributed by atoms with Crippen molar-refractivity contribution in [2.45, 2.75) is 0 Å². The standard InChI is InChI=1S/C15H25N3O11S3/c1-18(9-12-32(27,28)29)8-4-2-3-5-13(14(19)16-6-10-30(21,22)23)15(20)17-7-11-31(24,25)26/h2-5,8H,6-7,9-12H2,1H3,(H,16,19)(H,17,20)(H,21,22,23)(H,24,25,26)(H,27,28,29). The van der Waals surface area contributed by atoms with Crippen molar-refractivity contribution >= 4 is 42.2 Å². The first kappa shape index (κ1) is 29.7. The van der Waals surface area contributed by atoms with Crippen LogP contribution in [0.4, 0.5) is 0 Å². The van der Waals surface area contributed by atoms with E-state index in [2.05, 4.69) is 10.6 Å². The first-order valence-electron chi connectivity index (χ1n) is 8.67. The molecule has 14 nitrogen and oxygen atoms in total. The molecule has 0 saturated carbocycles. The van der Waals surface area contributed by atoms with E-state index in [1.54, 1.807) is 0 Å². The molecule has 0 unspecified atom stereocenters. The van der Waals surface area contributed by atoms with E-state index in [1.807, 2.05) is 0 Å². The Kier molecular flexibility index (Phi) is 12.3. The maximum Gasteiger partial charge on any atom is 0.266 e. The minimum absolute atomic E-state index is 0.00337. The molecule has 0 aromatic carbocycles. The predicted molar refractivity (Wildman–Crippen MR) is 114 cm³/mol. The quantitative estimate of drug-likeness (QED) is 0.0542. The van der Waals surface area contributed by atoms with Gasteiger partial charge in [-0.15, -0.1) is 0 Å². The van der Waals surface area contributed by atoms with Gasteiger partial charge in [0.05, 0.1) is 17.3 Å². The highest BCUT2D eigenvalue weighted by Crippen LogP contribution is 1.98. The molecule has 17 heteroatoms. The van der Waals surface area contributed by atoms with Crippen LogP contribution < -0.4 is 10.6 Å². The van der Waals surface area contributed by atoms with Crippen molar-refractivity contribution in [3.63, 3.8) is 0 Å². The van der Waals surface area contributed by atoms with E-state index in [0.717, 1.165) is 6.08 Å². The van der Waals surface area contributed by atoms with Crippen LogP contribution in [0.5, 0.6) is 0 Å². The molecule has 5 N–H and O–H groups in total. The number of carbonyl (C=O) groups excluding carboxylic acids is 2. The summed E-state index contributed by atoms with van der Waals surface area (Å²) in [6, 6.07) is 0. The van der Waals surface area contributed by atoms with Gasteiger partial charge in [-0.1, -0.05) is 12.2 Å². The average Bonchev–Trinajstić information content (AvgIpc) is 2.59. The van der Waals surface area contributed by atoms with Crippen molar-refractivity contribution in [2.24, 2.45) is 0 Å². The molecule has 0 aromatic rings. The van der Waals surface area contributed by atoms with Gasteiger partial charge in [0.15, 0.2) is 0 Å². The molecule has 0 atom stereocenters. The zero-order valence-corrected chi connectivity index (χ0v) is 19.4.